The minimum absolute atomic E-state index is 0.00346. The molecule has 3 amide bonds. The van der Waals surface area contributed by atoms with Crippen molar-refractivity contribution in [1.29, 1.82) is 0 Å². The Balaban J connectivity index is 1.17. The number of nitrogens with one attached hydrogen (secondary N) is 3. The van der Waals surface area contributed by atoms with Crippen LogP contribution in [0.4, 0.5) is 10.5 Å². The van der Waals surface area contributed by atoms with E-state index in [0.29, 0.717) is 17.8 Å². The number of rotatable bonds is 8. The summed E-state index contributed by atoms with van der Waals surface area (Å²) in [5.74, 6) is -0.827. The molecule has 2 aliphatic carbocycles. The van der Waals surface area contributed by atoms with Crippen molar-refractivity contribution in [3.05, 3.63) is 87.9 Å². The first-order chi connectivity index (χ1) is 19.3. The third-order valence-corrected chi connectivity index (χ3v) is 8.57. The van der Waals surface area contributed by atoms with Gasteiger partial charge >= 0.3 is 12.0 Å². The van der Waals surface area contributed by atoms with Gasteiger partial charge in [-0.15, -0.1) is 0 Å². The molecule has 2 aromatic carbocycles. The maximum Gasteiger partial charge on any atom is 0.328 e. The van der Waals surface area contributed by atoms with Gasteiger partial charge < -0.3 is 26.0 Å². The molecule has 1 heterocycles. The number of nitrogens with zero attached hydrogens (tertiary/aromatic N) is 1. The summed E-state index contributed by atoms with van der Waals surface area (Å²) in [6, 6.07) is 11.8. The summed E-state index contributed by atoms with van der Waals surface area (Å²) >= 11 is 13.0. The molecule has 5 rings (SSSR count). The third kappa shape index (κ3) is 6.45. The van der Waals surface area contributed by atoms with Crippen molar-refractivity contribution >= 4 is 46.8 Å². The minimum Gasteiger partial charge on any atom is -0.480 e. The van der Waals surface area contributed by atoms with Gasteiger partial charge in [0, 0.05) is 30.7 Å². The average Bonchev–Trinajstić information content (AvgIpc) is 3.58. The summed E-state index contributed by atoms with van der Waals surface area (Å²) in [5.41, 5.74) is 2.07. The van der Waals surface area contributed by atoms with E-state index in [1.165, 1.54) is 5.56 Å². The minimum atomic E-state index is -1.37. The zero-order chi connectivity index (χ0) is 28.2. The van der Waals surface area contributed by atoms with Gasteiger partial charge in [0.1, 0.15) is 6.04 Å². The zero-order valence-corrected chi connectivity index (χ0v) is 23.4. The number of allylic oxidation sites excluding steroid dienone is 4. The fourth-order valence-electron chi connectivity index (χ4n) is 5.89. The van der Waals surface area contributed by atoms with Gasteiger partial charge in [-0.3, -0.25) is 4.79 Å². The van der Waals surface area contributed by atoms with Gasteiger partial charge in [0.2, 0.25) is 0 Å². The van der Waals surface area contributed by atoms with Crippen molar-refractivity contribution in [3.63, 3.8) is 0 Å². The lowest BCUT2D eigenvalue weighted by Gasteiger charge is -2.21. The first kappa shape index (κ1) is 28.1. The summed E-state index contributed by atoms with van der Waals surface area (Å²) in [4.78, 5) is 39.5. The summed E-state index contributed by atoms with van der Waals surface area (Å²) in [6.07, 6.45) is 11.0. The van der Waals surface area contributed by atoms with Gasteiger partial charge in [-0.1, -0.05) is 77.8 Å². The number of benzene rings is 2. The number of carbonyl (C=O) groups excluding carboxylic acids is 2. The van der Waals surface area contributed by atoms with Crippen LogP contribution in [0.25, 0.3) is 0 Å². The van der Waals surface area contributed by atoms with Gasteiger partial charge in [-0.25, -0.2) is 9.59 Å². The number of aliphatic carboxylic acids is 1. The second-order valence-corrected chi connectivity index (χ2v) is 11.4. The highest BCUT2D eigenvalue weighted by Crippen LogP contribution is 2.37. The van der Waals surface area contributed by atoms with E-state index >= 15 is 0 Å². The molecule has 1 saturated carbocycles. The Morgan fingerprint density at radius 2 is 1.65 bits per heavy atom. The van der Waals surface area contributed by atoms with E-state index in [9.17, 15) is 19.5 Å². The van der Waals surface area contributed by atoms with Crippen LogP contribution in [-0.2, 0) is 4.79 Å². The molecule has 2 fully saturated rings. The highest BCUT2D eigenvalue weighted by molar-refractivity contribution is 6.40. The standard InChI is InChI=1S/C30H32Cl2N4O4/c31-24-14-23(36-11-10-21(17-36)18-6-2-1-3-7-18)15-25(32)27(24)28(37)35-26(29(38)39)16-33-30(40)34-22-12-19-8-4-5-9-20(19)13-22/h1-9,14-15,19-22,26H,10-13,16-17H2,(H,35,37)(H,38,39)(H2,33,34,40)/t19?,20?,21?,22?,26-/m1/s1. The Hall–Kier alpha value is -3.49. The summed E-state index contributed by atoms with van der Waals surface area (Å²) in [7, 11) is 0. The molecule has 3 aliphatic rings. The fourth-order valence-corrected chi connectivity index (χ4v) is 6.54. The molecule has 210 valence electrons. The molecular formula is C30H32Cl2N4O4. The predicted molar refractivity (Wildman–Crippen MR) is 156 cm³/mol. The number of carboxylic acids is 1. The number of halogens is 2. The van der Waals surface area contributed by atoms with E-state index in [1.807, 2.05) is 30.4 Å². The van der Waals surface area contributed by atoms with Crippen LogP contribution in [0.1, 0.15) is 41.1 Å². The van der Waals surface area contributed by atoms with Gasteiger partial charge in [0.25, 0.3) is 5.91 Å². The molecule has 0 bridgehead atoms. The molecule has 1 saturated heterocycles. The average molecular weight is 584 g/mol. The second-order valence-electron chi connectivity index (χ2n) is 10.6. The van der Waals surface area contributed by atoms with Crippen LogP contribution in [0.5, 0.6) is 0 Å². The molecular weight excluding hydrogens is 551 g/mol. The highest BCUT2D eigenvalue weighted by atomic mass is 35.5. The van der Waals surface area contributed by atoms with E-state index in [1.54, 1.807) is 12.1 Å². The van der Waals surface area contributed by atoms with E-state index in [-0.39, 0.29) is 28.2 Å². The maximum absolute atomic E-state index is 13.0. The van der Waals surface area contributed by atoms with Crippen LogP contribution in [-0.4, -0.2) is 54.7 Å². The van der Waals surface area contributed by atoms with Crippen molar-refractivity contribution < 1.29 is 19.5 Å². The molecule has 10 heteroatoms. The van der Waals surface area contributed by atoms with Crippen molar-refractivity contribution in [1.82, 2.24) is 16.0 Å². The molecule has 0 aromatic heterocycles. The van der Waals surface area contributed by atoms with Crippen molar-refractivity contribution in [2.24, 2.45) is 11.8 Å². The van der Waals surface area contributed by atoms with Crippen molar-refractivity contribution in [2.45, 2.75) is 37.3 Å². The van der Waals surface area contributed by atoms with E-state index in [0.717, 1.165) is 38.0 Å². The number of carbonyl (C=O) groups is 3. The van der Waals surface area contributed by atoms with Gasteiger partial charge in [0.15, 0.2) is 0 Å². The Labute approximate surface area is 243 Å². The normalized spacial score (nSPS) is 23.9. The molecule has 4 N–H and O–H groups in total. The monoisotopic (exact) mass is 582 g/mol. The summed E-state index contributed by atoms with van der Waals surface area (Å²) < 4.78 is 0. The first-order valence-electron chi connectivity index (χ1n) is 13.5. The Bertz CT molecular complexity index is 1290. The van der Waals surface area contributed by atoms with Crippen molar-refractivity contribution in [2.75, 3.05) is 24.5 Å². The van der Waals surface area contributed by atoms with Crippen LogP contribution < -0.4 is 20.9 Å². The quantitative estimate of drug-likeness (QED) is 0.350. The number of amides is 3. The lowest BCUT2D eigenvalue weighted by atomic mass is 9.92. The van der Waals surface area contributed by atoms with Gasteiger partial charge in [0.05, 0.1) is 22.2 Å². The SMILES string of the molecule is O=C(NC[C@@H](NC(=O)c1c(Cl)cc(N2CCC(c3ccccc3)C2)cc1Cl)C(=O)O)NC1CC2C=CC=CC2C1. The largest absolute Gasteiger partial charge is 0.480 e. The molecule has 8 nitrogen and oxygen atoms in total. The fraction of sp³-hybridized carbons (Fsp3) is 0.367. The summed E-state index contributed by atoms with van der Waals surface area (Å²) in [6.45, 7) is 1.32. The van der Waals surface area contributed by atoms with Crippen LogP contribution >= 0.6 is 23.2 Å². The number of anilines is 1. The van der Waals surface area contributed by atoms with E-state index in [4.69, 9.17) is 23.2 Å². The number of urea groups is 1. The van der Waals surface area contributed by atoms with Crippen LogP contribution in [0.2, 0.25) is 10.0 Å². The maximum atomic E-state index is 13.0. The molecule has 4 atom stereocenters. The number of fused-ring (bicyclic) bond motifs is 1. The zero-order valence-electron chi connectivity index (χ0n) is 21.9. The molecule has 40 heavy (non-hydrogen) atoms. The molecule has 0 spiro atoms. The highest BCUT2D eigenvalue weighted by Gasteiger charge is 2.33. The Morgan fingerprint density at radius 1 is 1.00 bits per heavy atom. The lowest BCUT2D eigenvalue weighted by molar-refractivity contribution is -0.139. The Morgan fingerprint density at radius 3 is 2.27 bits per heavy atom. The lowest BCUT2D eigenvalue weighted by Crippen LogP contribution is -2.51. The topological polar surface area (TPSA) is 111 Å². The van der Waals surface area contributed by atoms with Gasteiger partial charge in [-0.05, 0) is 48.8 Å². The second kappa shape index (κ2) is 12.4. The van der Waals surface area contributed by atoms with Crippen LogP contribution in [0, 0.1) is 11.8 Å². The van der Waals surface area contributed by atoms with E-state index < -0.39 is 23.9 Å². The molecule has 2 aromatic rings. The first-order valence-corrected chi connectivity index (χ1v) is 14.3. The molecule has 0 radical (unpaired) electrons. The molecule has 1 aliphatic heterocycles. The third-order valence-electron chi connectivity index (χ3n) is 7.97. The van der Waals surface area contributed by atoms with Crippen molar-refractivity contribution in [3.8, 4) is 0 Å². The van der Waals surface area contributed by atoms with E-state index in [2.05, 4.69) is 45.1 Å². The van der Waals surface area contributed by atoms with Gasteiger partial charge in [-0.2, -0.15) is 0 Å². The number of hydrogen-bond donors (Lipinski definition) is 4. The van der Waals surface area contributed by atoms with Crippen LogP contribution in [0.15, 0.2) is 66.8 Å². The van der Waals surface area contributed by atoms with Crippen LogP contribution in [0.3, 0.4) is 0 Å². The smallest absolute Gasteiger partial charge is 0.328 e. The predicted octanol–water partition coefficient (Wildman–Crippen LogP) is 4.99. The molecule has 3 unspecified atom stereocenters. The Kier molecular flexibility index (Phi) is 8.66. The summed E-state index contributed by atoms with van der Waals surface area (Å²) in [5, 5.41) is 17.9. The number of hydrogen-bond acceptors (Lipinski definition) is 4. The number of carboxylic acid groups (broad SMARTS) is 1.